The highest BCUT2D eigenvalue weighted by Crippen LogP contribution is 2.27. The van der Waals surface area contributed by atoms with Crippen molar-refractivity contribution in [2.75, 3.05) is 12.9 Å². The van der Waals surface area contributed by atoms with Gasteiger partial charge in [0.25, 0.3) is 0 Å². The van der Waals surface area contributed by atoms with E-state index in [0.717, 1.165) is 5.56 Å². The van der Waals surface area contributed by atoms with Crippen LogP contribution in [0, 0.1) is 0 Å². The Morgan fingerprint density at radius 3 is 2.65 bits per heavy atom. The molecule has 0 radical (unpaired) electrons. The van der Waals surface area contributed by atoms with Gasteiger partial charge in [-0.3, -0.25) is 4.79 Å². The van der Waals surface area contributed by atoms with Gasteiger partial charge in [-0.25, -0.2) is 4.79 Å². The van der Waals surface area contributed by atoms with Gasteiger partial charge in [0.15, 0.2) is 6.10 Å². The second-order valence-electron chi connectivity index (χ2n) is 4.12. The van der Waals surface area contributed by atoms with Crippen LogP contribution in [0.5, 0.6) is 0 Å². The number of carbonyl (C=O) groups excluding carboxylic acids is 1. The quantitative estimate of drug-likeness (QED) is 0.592. The molecule has 0 aliphatic carbocycles. The number of aryl methyl sites for hydroxylation is 1. The monoisotopic (exact) mass is 298 g/mol. The predicted molar refractivity (Wildman–Crippen MR) is 75.8 cm³/mol. The van der Waals surface area contributed by atoms with Crippen molar-refractivity contribution in [1.29, 1.82) is 0 Å². The lowest BCUT2D eigenvalue weighted by molar-refractivity contribution is -0.147. The van der Waals surface area contributed by atoms with E-state index in [2.05, 4.69) is 0 Å². The summed E-state index contributed by atoms with van der Waals surface area (Å²) < 4.78 is 4.85. The zero-order chi connectivity index (χ0) is 15.1. The van der Waals surface area contributed by atoms with Crippen LogP contribution in [0.3, 0.4) is 0 Å². The SMILES string of the molecule is CCOC(=O)CCc1ccc(C(O)C(=O)O)c(SC)c1. The van der Waals surface area contributed by atoms with E-state index < -0.39 is 12.1 Å². The molecule has 1 aromatic carbocycles. The number of carboxylic acids is 1. The van der Waals surface area contributed by atoms with Gasteiger partial charge in [-0.1, -0.05) is 12.1 Å². The van der Waals surface area contributed by atoms with Gasteiger partial charge < -0.3 is 14.9 Å². The van der Waals surface area contributed by atoms with Crippen LogP contribution in [-0.4, -0.2) is 35.0 Å². The fourth-order valence-electron chi connectivity index (χ4n) is 1.75. The number of thioether (sulfide) groups is 1. The van der Waals surface area contributed by atoms with Gasteiger partial charge in [-0.15, -0.1) is 11.8 Å². The Labute approximate surface area is 121 Å². The number of aliphatic hydroxyl groups is 1. The van der Waals surface area contributed by atoms with Crippen LogP contribution in [0.15, 0.2) is 23.1 Å². The van der Waals surface area contributed by atoms with E-state index in [4.69, 9.17) is 9.84 Å². The first-order valence-corrected chi connectivity index (χ1v) is 7.45. The van der Waals surface area contributed by atoms with Crippen molar-refractivity contribution in [1.82, 2.24) is 0 Å². The Morgan fingerprint density at radius 1 is 1.40 bits per heavy atom. The van der Waals surface area contributed by atoms with Gasteiger partial charge in [0.2, 0.25) is 0 Å². The summed E-state index contributed by atoms with van der Waals surface area (Å²) in [5.74, 6) is -1.53. The number of ether oxygens (including phenoxy) is 1. The average molecular weight is 298 g/mol. The summed E-state index contributed by atoms with van der Waals surface area (Å²) in [4.78, 5) is 22.8. The number of rotatable bonds is 7. The third-order valence-electron chi connectivity index (χ3n) is 2.75. The van der Waals surface area contributed by atoms with Crippen molar-refractivity contribution in [2.45, 2.75) is 30.8 Å². The van der Waals surface area contributed by atoms with E-state index >= 15 is 0 Å². The molecule has 0 saturated heterocycles. The zero-order valence-electron chi connectivity index (χ0n) is 11.5. The number of aliphatic hydroxyl groups excluding tert-OH is 1. The van der Waals surface area contributed by atoms with E-state index in [9.17, 15) is 14.7 Å². The summed E-state index contributed by atoms with van der Waals surface area (Å²) in [6, 6.07) is 5.11. The van der Waals surface area contributed by atoms with Crippen molar-refractivity contribution in [3.63, 3.8) is 0 Å². The maximum absolute atomic E-state index is 11.3. The van der Waals surface area contributed by atoms with Gasteiger partial charge in [0.1, 0.15) is 0 Å². The predicted octanol–water partition coefficient (Wildman–Crippen LogP) is 2.02. The highest BCUT2D eigenvalue weighted by Gasteiger charge is 2.19. The normalized spacial score (nSPS) is 11.9. The van der Waals surface area contributed by atoms with Gasteiger partial charge in [0.05, 0.1) is 6.61 Å². The molecule has 0 fully saturated rings. The van der Waals surface area contributed by atoms with Crippen LogP contribution in [0.2, 0.25) is 0 Å². The minimum absolute atomic E-state index is 0.257. The number of carboxylic acid groups (broad SMARTS) is 1. The molecule has 0 bridgehead atoms. The molecular formula is C14H18O5S. The first-order valence-electron chi connectivity index (χ1n) is 6.22. The van der Waals surface area contributed by atoms with Crippen molar-refractivity contribution < 1.29 is 24.5 Å². The molecule has 20 heavy (non-hydrogen) atoms. The van der Waals surface area contributed by atoms with Crippen LogP contribution in [-0.2, 0) is 20.7 Å². The molecule has 110 valence electrons. The maximum Gasteiger partial charge on any atom is 0.337 e. The molecule has 0 heterocycles. The Kier molecular flexibility index (Phi) is 6.54. The molecular weight excluding hydrogens is 280 g/mol. The van der Waals surface area contributed by atoms with Gasteiger partial charge in [-0.2, -0.15) is 0 Å². The minimum Gasteiger partial charge on any atom is -0.479 e. The number of hydrogen-bond donors (Lipinski definition) is 2. The molecule has 1 aromatic rings. The second-order valence-corrected chi connectivity index (χ2v) is 4.97. The lowest BCUT2D eigenvalue weighted by Crippen LogP contribution is -2.12. The molecule has 1 rings (SSSR count). The molecule has 0 spiro atoms. The number of benzene rings is 1. The van der Waals surface area contributed by atoms with E-state index in [0.29, 0.717) is 23.5 Å². The smallest absolute Gasteiger partial charge is 0.337 e. The third-order valence-corrected chi connectivity index (χ3v) is 3.54. The molecule has 0 amide bonds. The summed E-state index contributed by atoms with van der Waals surface area (Å²) in [6.45, 7) is 2.12. The van der Waals surface area contributed by atoms with Crippen molar-refractivity contribution in [3.05, 3.63) is 29.3 Å². The summed E-state index contributed by atoms with van der Waals surface area (Å²) in [5.41, 5.74) is 1.27. The molecule has 6 heteroatoms. The average Bonchev–Trinajstić information content (AvgIpc) is 2.44. The summed E-state index contributed by atoms with van der Waals surface area (Å²) in [5, 5.41) is 18.4. The molecule has 1 atom stereocenters. The zero-order valence-corrected chi connectivity index (χ0v) is 12.3. The van der Waals surface area contributed by atoms with Gasteiger partial charge in [0, 0.05) is 16.9 Å². The molecule has 0 aromatic heterocycles. The van der Waals surface area contributed by atoms with E-state index in [-0.39, 0.29) is 12.4 Å². The first-order chi connectivity index (χ1) is 9.49. The van der Waals surface area contributed by atoms with Crippen LogP contribution >= 0.6 is 11.8 Å². The lowest BCUT2D eigenvalue weighted by atomic mass is 10.0. The van der Waals surface area contributed by atoms with Crippen molar-refractivity contribution >= 4 is 23.7 Å². The summed E-state index contributed by atoms with van der Waals surface area (Å²) >= 11 is 1.36. The number of carbonyl (C=O) groups is 2. The first kappa shape index (κ1) is 16.5. The largest absolute Gasteiger partial charge is 0.479 e. The van der Waals surface area contributed by atoms with E-state index in [1.54, 1.807) is 25.1 Å². The number of esters is 1. The highest BCUT2D eigenvalue weighted by molar-refractivity contribution is 7.98. The standard InChI is InChI=1S/C14H18O5S/c1-3-19-12(15)7-5-9-4-6-10(11(8-9)20-2)13(16)14(17)18/h4,6,8,13,16H,3,5,7H2,1-2H3,(H,17,18). The minimum atomic E-state index is -1.53. The molecule has 5 nitrogen and oxygen atoms in total. The van der Waals surface area contributed by atoms with Crippen LogP contribution in [0.4, 0.5) is 0 Å². The molecule has 0 aliphatic heterocycles. The number of hydrogen-bond acceptors (Lipinski definition) is 5. The Bertz CT molecular complexity index is 486. The van der Waals surface area contributed by atoms with E-state index in [1.165, 1.54) is 11.8 Å². The molecule has 1 unspecified atom stereocenters. The third kappa shape index (κ3) is 4.54. The second kappa shape index (κ2) is 7.91. The van der Waals surface area contributed by atoms with Crippen LogP contribution in [0.1, 0.15) is 30.6 Å². The summed E-state index contributed by atoms with van der Waals surface area (Å²) in [7, 11) is 0. The van der Waals surface area contributed by atoms with Crippen LogP contribution in [0.25, 0.3) is 0 Å². The fourth-order valence-corrected chi connectivity index (χ4v) is 2.43. The number of aliphatic carboxylic acids is 1. The lowest BCUT2D eigenvalue weighted by Gasteiger charge is -2.12. The van der Waals surface area contributed by atoms with E-state index in [1.807, 2.05) is 6.26 Å². The Hall–Kier alpha value is -1.53. The molecule has 2 N–H and O–H groups in total. The Balaban J connectivity index is 2.82. The van der Waals surface area contributed by atoms with Crippen molar-refractivity contribution in [3.8, 4) is 0 Å². The fraction of sp³-hybridized carbons (Fsp3) is 0.429. The molecule has 0 saturated carbocycles. The van der Waals surface area contributed by atoms with Crippen molar-refractivity contribution in [2.24, 2.45) is 0 Å². The topological polar surface area (TPSA) is 83.8 Å². The van der Waals surface area contributed by atoms with Gasteiger partial charge in [-0.05, 0) is 31.2 Å². The Morgan fingerprint density at radius 2 is 2.10 bits per heavy atom. The van der Waals surface area contributed by atoms with Gasteiger partial charge >= 0.3 is 11.9 Å². The maximum atomic E-state index is 11.3. The van der Waals surface area contributed by atoms with Crippen LogP contribution < -0.4 is 0 Å². The summed E-state index contributed by atoms with van der Waals surface area (Å²) in [6.07, 6.45) is 1.08. The molecule has 0 aliphatic rings. The highest BCUT2D eigenvalue weighted by atomic mass is 32.2.